The summed E-state index contributed by atoms with van der Waals surface area (Å²) in [6.07, 6.45) is 5.65. The summed E-state index contributed by atoms with van der Waals surface area (Å²) in [6.45, 7) is 2.87. The van der Waals surface area contributed by atoms with Crippen molar-refractivity contribution in [2.45, 2.75) is 57.1 Å². The zero-order valence-corrected chi connectivity index (χ0v) is 16.3. The minimum atomic E-state index is 0.0388. The molecule has 0 aliphatic carbocycles. The number of fused-ring (bicyclic) bond motifs is 1. The SMILES string of the molecule is CCCCCn1c(SCCCCC#N)nc2ccc(Br)cc2c1=O. The maximum absolute atomic E-state index is 12.9. The monoisotopic (exact) mass is 407 g/mol. The van der Waals surface area contributed by atoms with E-state index in [2.05, 4.69) is 28.9 Å². The zero-order valence-electron chi connectivity index (χ0n) is 13.9. The van der Waals surface area contributed by atoms with Crippen LogP contribution in [0, 0.1) is 11.3 Å². The number of rotatable bonds is 9. The van der Waals surface area contributed by atoms with E-state index < -0.39 is 0 Å². The van der Waals surface area contributed by atoms with Gasteiger partial charge in [0.2, 0.25) is 0 Å². The molecule has 0 unspecified atom stereocenters. The lowest BCUT2D eigenvalue weighted by Gasteiger charge is -2.13. The molecule has 0 bridgehead atoms. The van der Waals surface area contributed by atoms with Crippen molar-refractivity contribution in [1.82, 2.24) is 9.55 Å². The van der Waals surface area contributed by atoms with Gasteiger partial charge in [0.1, 0.15) is 0 Å². The number of halogens is 1. The predicted molar refractivity (Wildman–Crippen MR) is 103 cm³/mol. The number of unbranched alkanes of at least 4 members (excludes halogenated alkanes) is 4. The normalized spacial score (nSPS) is 10.9. The third-order valence-corrected chi connectivity index (χ3v) is 5.34. The van der Waals surface area contributed by atoms with Crippen LogP contribution in [0.5, 0.6) is 0 Å². The molecule has 0 aliphatic heterocycles. The molecule has 1 aromatic carbocycles. The van der Waals surface area contributed by atoms with Gasteiger partial charge in [0.15, 0.2) is 5.16 Å². The van der Waals surface area contributed by atoms with Crippen LogP contribution in [0.3, 0.4) is 0 Å². The van der Waals surface area contributed by atoms with Crippen LogP contribution in [-0.2, 0) is 6.54 Å². The Kier molecular flexibility index (Phi) is 7.80. The molecule has 0 aliphatic rings. The second kappa shape index (κ2) is 9.85. The van der Waals surface area contributed by atoms with Crippen molar-refractivity contribution in [1.29, 1.82) is 5.26 Å². The molecule has 0 atom stereocenters. The van der Waals surface area contributed by atoms with Crippen LogP contribution in [-0.4, -0.2) is 15.3 Å². The summed E-state index contributed by atoms with van der Waals surface area (Å²) in [7, 11) is 0. The number of aromatic nitrogens is 2. The first-order valence-electron chi connectivity index (χ1n) is 8.37. The first-order chi connectivity index (χ1) is 11.7. The van der Waals surface area contributed by atoms with E-state index in [0.717, 1.165) is 53.0 Å². The van der Waals surface area contributed by atoms with Crippen molar-refractivity contribution in [3.8, 4) is 6.07 Å². The highest BCUT2D eigenvalue weighted by Gasteiger charge is 2.11. The fraction of sp³-hybridized carbons (Fsp3) is 0.500. The minimum absolute atomic E-state index is 0.0388. The third-order valence-electron chi connectivity index (χ3n) is 3.78. The summed E-state index contributed by atoms with van der Waals surface area (Å²) in [4.78, 5) is 17.6. The average Bonchev–Trinajstić information content (AvgIpc) is 2.58. The third kappa shape index (κ3) is 5.09. The van der Waals surface area contributed by atoms with Gasteiger partial charge in [-0.1, -0.05) is 47.5 Å². The summed E-state index contributed by atoms with van der Waals surface area (Å²) in [6, 6.07) is 7.82. The van der Waals surface area contributed by atoms with Crippen LogP contribution in [0.1, 0.15) is 45.4 Å². The van der Waals surface area contributed by atoms with Crippen molar-refractivity contribution in [3.05, 3.63) is 33.0 Å². The Balaban J connectivity index is 2.28. The quantitative estimate of drug-likeness (QED) is 0.328. The van der Waals surface area contributed by atoms with Crippen molar-refractivity contribution in [2.24, 2.45) is 0 Å². The summed E-state index contributed by atoms with van der Waals surface area (Å²) in [5.41, 5.74) is 0.784. The van der Waals surface area contributed by atoms with Crippen molar-refractivity contribution < 1.29 is 0 Å². The number of nitrogens with zero attached hydrogens (tertiary/aromatic N) is 3. The van der Waals surface area contributed by atoms with Gasteiger partial charge in [0.05, 0.1) is 17.0 Å². The number of benzene rings is 1. The maximum atomic E-state index is 12.9. The van der Waals surface area contributed by atoms with Gasteiger partial charge >= 0.3 is 0 Å². The smallest absolute Gasteiger partial charge is 0.262 e. The molecular formula is C18H22BrN3OS. The van der Waals surface area contributed by atoms with Crippen LogP contribution >= 0.6 is 27.7 Å². The molecule has 0 N–H and O–H groups in total. The average molecular weight is 408 g/mol. The number of hydrogen-bond acceptors (Lipinski definition) is 4. The number of hydrogen-bond donors (Lipinski definition) is 0. The Hall–Kier alpha value is -1.32. The number of nitriles is 1. The van der Waals surface area contributed by atoms with E-state index in [1.165, 1.54) is 0 Å². The standard InChI is InChI=1S/C18H22BrN3OS/c1-2-3-6-11-22-17(23)15-13-14(19)8-9-16(15)21-18(22)24-12-7-4-5-10-20/h8-9,13H,2-7,11-12H2,1H3. The lowest BCUT2D eigenvalue weighted by molar-refractivity contribution is 0.541. The molecule has 0 radical (unpaired) electrons. The van der Waals surface area contributed by atoms with Gasteiger partial charge in [-0.05, 0) is 37.5 Å². The maximum Gasteiger partial charge on any atom is 0.262 e. The highest BCUT2D eigenvalue weighted by atomic mass is 79.9. The van der Waals surface area contributed by atoms with Gasteiger partial charge in [-0.3, -0.25) is 9.36 Å². The van der Waals surface area contributed by atoms with E-state index in [4.69, 9.17) is 10.2 Å². The molecule has 1 heterocycles. The van der Waals surface area contributed by atoms with Gasteiger partial charge in [-0.25, -0.2) is 4.98 Å². The molecule has 128 valence electrons. The molecule has 2 aromatic rings. The van der Waals surface area contributed by atoms with Crippen LogP contribution < -0.4 is 5.56 Å². The van der Waals surface area contributed by atoms with Gasteiger partial charge in [0.25, 0.3) is 5.56 Å². The predicted octanol–water partition coefficient (Wildman–Crippen LogP) is 5.14. The van der Waals surface area contributed by atoms with Crippen LogP contribution in [0.15, 0.2) is 32.6 Å². The minimum Gasteiger partial charge on any atom is -0.287 e. The van der Waals surface area contributed by atoms with Crippen LogP contribution in [0.2, 0.25) is 0 Å². The van der Waals surface area contributed by atoms with Crippen LogP contribution in [0.25, 0.3) is 10.9 Å². The zero-order chi connectivity index (χ0) is 17.4. The van der Waals surface area contributed by atoms with Crippen molar-refractivity contribution in [3.63, 3.8) is 0 Å². The molecule has 4 nitrogen and oxygen atoms in total. The van der Waals surface area contributed by atoms with Gasteiger partial charge in [-0.2, -0.15) is 5.26 Å². The first kappa shape index (κ1) is 19.0. The fourth-order valence-corrected chi connectivity index (χ4v) is 3.85. The second-order valence-electron chi connectivity index (χ2n) is 5.68. The van der Waals surface area contributed by atoms with E-state index in [-0.39, 0.29) is 5.56 Å². The topological polar surface area (TPSA) is 58.7 Å². The molecular weight excluding hydrogens is 386 g/mol. The summed E-state index contributed by atoms with van der Waals surface area (Å²) in [5, 5.41) is 10.1. The molecule has 2 rings (SSSR count). The van der Waals surface area contributed by atoms with E-state index in [1.54, 1.807) is 11.8 Å². The summed E-state index contributed by atoms with van der Waals surface area (Å²) >= 11 is 5.05. The van der Waals surface area contributed by atoms with E-state index >= 15 is 0 Å². The van der Waals surface area contributed by atoms with Gasteiger partial charge in [0, 0.05) is 23.2 Å². The Morgan fingerprint density at radius 3 is 2.88 bits per heavy atom. The lowest BCUT2D eigenvalue weighted by Crippen LogP contribution is -2.23. The molecule has 0 spiro atoms. The Morgan fingerprint density at radius 1 is 1.29 bits per heavy atom. The van der Waals surface area contributed by atoms with Crippen molar-refractivity contribution in [2.75, 3.05) is 5.75 Å². The van der Waals surface area contributed by atoms with E-state index in [1.807, 2.05) is 22.8 Å². The first-order valence-corrected chi connectivity index (χ1v) is 10.1. The highest BCUT2D eigenvalue weighted by molar-refractivity contribution is 9.10. The molecule has 6 heteroatoms. The molecule has 1 aromatic heterocycles. The van der Waals surface area contributed by atoms with Gasteiger partial charge < -0.3 is 0 Å². The van der Waals surface area contributed by atoms with E-state index in [9.17, 15) is 4.79 Å². The second-order valence-corrected chi connectivity index (χ2v) is 7.66. The summed E-state index contributed by atoms with van der Waals surface area (Å²) in [5.74, 6) is 0.879. The largest absolute Gasteiger partial charge is 0.287 e. The van der Waals surface area contributed by atoms with Gasteiger partial charge in [-0.15, -0.1) is 0 Å². The Bertz CT molecular complexity index is 782. The highest BCUT2D eigenvalue weighted by Crippen LogP contribution is 2.22. The van der Waals surface area contributed by atoms with E-state index in [0.29, 0.717) is 18.4 Å². The van der Waals surface area contributed by atoms with Crippen molar-refractivity contribution >= 4 is 38.6 Å². The Morgan fingerprint density at radius 2 is 2.12 bits per heavy atom. The molecule has 24 heavy (non-hydrogen) atoms. The Labute approximate surface area is 155 Å². The molecule has 0 saturated carbocycles. The molecule has 0 saturated heterocycles. The summed E-state index contributed by atoms with van der Waals surface area (Å²) < 4.78 is 2.71. The molecule has 0 fully saturated rings. The van der Waals surface area contributed by atoms with Crippen LogP contribution in [0.4, 0.5) is 0 Å². The fourth-order valence-electron chi connectivity index (χ4n) is 2.47. The number of thioether (sulfide) groups is 1. The molecule has 0 amide bonds. The lowest BCUT2D eigenvalue weighted by atomic mass is 10.2.